The van der Waals surface area contributed by atoms with Crippen molar-refractivity contribution in [2.24, 2.45) is 0 Å². The summed E-state index contributed by atoms with van der Waals surface area (Å²) >= 11 is 0. The normalized spacial score (nSPS) is 12.5. The molecule has 0 fully saturated rings. The Morgan fingerprint density at radius 2 is 1.52 bits per heavy atom. The van der Waals surface area contributed by atoms with Gasteiger partial charge in [0.05, 0.1) is 12.9 Å². The molecule has 1 aliphatic rings. The Bertz CT molecular complexity index is 1210. The molecule has 0 spiro atoms. The van der Waals surface area contributed by atoms with Crippen LogP contribution < -0.4 is 9.84 Å². The van der Waals surface area contributed by atoms with Gasteiger partial charge in [0.15, 0.2) is 4.90 Å². The van der Waals surface area contributed by atoms with Crippen LogP contribution in [0.3, 0.4) is 0 Å². The summed E-state index contributed by atoms with van der Waals surface area (Å²) in [5, 5.41) is 11.0. The van der Waals surface area contributed by atoms with Crippen molar-refractivity contribution < 1.29 is 31.8 Å². The Morgan fingerprint density at radius 3 is 1.97 bits per heavy atom. The molecule has 3 aromatic carbocycles. The predicted molar refractivity (Wildman–Crippen MR) is 126 cm³/mol. The Balaban J connectivity index is 0.000000454. The molecule has 1 aliphatic carbocycles. The van der Waals surface area contributed by atoms with Crippen molar-refractivity contribution >= 4 is 27.4 Å². The molecule has 0 amide bonds. The van der Waals surface area contributed by atoms with Crippen molar-refractivity contribution in [3.63, 3.8) is 0 Å². The van der Waals surface area contributed by atoms with Crippen LogP contribution in [0, 0.1) is 0 Å². The molecule has 0 saturated carbocycles. The Labute approximate surface area is 196 Å². The second-order valence-electron chi connectivity index (χ2n) is 7.46. The quantitative estimate of drug-likeness (QED) is 0.253. The summed E-state index contributed by atoms with van der Waals surface area (Å²) in [6.45, 7) is 0. The second-order valence-corrected chi connectivity index (χ2v) is 10.8. The topological polar surface area (TPSA) is 113 Å². The van der Waals surface area contributed by atoms with Crippen molar-refractivity contribution in [3.05, 3.63) is 83.4 Å². The molecular formula is C24H24O7S2. The lowest BCUT2D eigenvalue weighted by Gasteiger charge is -2.19. The molecule has 3 aromatic rings. The SMILES string of the molecule is COS(=O)(=O)O.C[S+](C)c1ccc(OC(=O)[O-])c(CC2c3ccccc3-c3ccccc32)c1. The van der Waals surface area contributed by atoms with Gasteiger partial charge in [0, 0.05) is 16.8 Å². The molecule has 7 nitrogen and oxygen atoms in total. The zero-order valence-corrected chi connectivity index (χ0v) is 20.0. The number of carbonyl (C=O) groups excluding carboxylic acids is 1. The van der Waals surface area contributed by atoms with Gasteiger partial charge in [-0.05, 0) is 52.4 Å². The number of carboxylic acid groups (broad SMARTS) is 1. The summed E-state index contributed by atoms with van der Waals surface area (Å²) in [4.78, 5) is 12.2. The maximum atomic E-state index is 11.0. The first-order valence-corrected chi connectivity index (χ1v) is 13.3. The van der Waals surface area contributed by atoms with E-state index in [4.69, 9.17) is 9.29 Å². The molecule has 0 saturated heterocycles. The number of rotatable bonds is 5. The smallest absolute Gasteiger partial charge is 0.397 e. The Hall–Kier alpha value is -2.85. The van der Waals surface area contributed by atoms with Crippen molar-refractivity contribution in [3.8, 4) is 16.9 Å². The van der Waals surface area contributed by atoms with E-state index >= 15 is 0 Å². The predicted octanol–water partition coefficient (Wildman–Crippen LogP) is 3.44. The molecule has 33 heavy (non-hydrogen) atoms. The minimum Gasteiger partial charge on any atom is -0.514 e. The molecule has 174 valence electrons. The molecule has 0 radical (unpaired) electrons. The molecule has 0 atom stereocenters. The van der Waals surface area contributed by atoms with E-state index in [0.717, 1.165) is 12.7 Å². The van der Waals surface area contributed by atoms with Crippen LogP contribution in [-0.2, 0) is 31.9 Å². The van der Waals surface area contributed by atoms with Gasteiger partial charge < -0.3 is 14.6 Å². The lowest BCUT2D eigenvalue weighted by atomic mass is 9.90. The molecule has 9 heteroatoms. The van der Waals surface area contributed by atoms with Crippen LogP contribution in [0.25, 0.3) is 11.1 Å². The molecule has 0 aromatic heterocycles. The second kappa shape index (κ2) is 10.4. The molecular weight excluding hydrogens is 464 g/mol. The highest BCUT2D eigenvalue weighted by Crippen LogP contribution is 2.46. The van der Waals surface area contributed by atoms with Gasteiger partial charge in [-0.1, -0.05) is 48.5 Å². The molecule has 0 unspecified atom stereocenters. The van der Waals surface area contributed by atoms with Gasteiger partial charge in [-0.3, -0.25) is 8.74 Å². The van der Waals surface area contributed by atoms with E-state index in [1.54, 1.807) is 6.07 Å². The Kier molecular flexibility index (Phi) is 7.80. The first-order chi connectivity index (χ1) is 15.6. The van der Waals surface area contributed by atoms with E-state index in [9.17, 15) is 18.3 Å². The van der Waals surface area contributed by atoms with E-state index in [2.05, 4.69) is 71.3 Å². The third-order valence-electron chi connectivity index (χ3n) is 5.29. The number of fused-ring (bicyclic) bond motifs is 3. The summed E-state index contributed by atoms with van der Waals surface area (Å²) in [5.74, 6) is 0.540. The average Bonchev–Trinajstić information content (AvgIpc) is 3.08. The zero-order valence-electron chi connectivity index (χ0n) is 18.3. The maximum absolute atomic E-state index is 11.0. The monoisotopic (exact) mass is 488 g/mol. The van der Waals surface area contributed by atoms with E-state index in [-0.39, 0.29) is 16.8 Å². The third-order valence-corrected chi connectivity index (χ3v) is 6.91. The number of hydrogen-bond acceptors (Lipinski definition) is 6. The van der Waals surface area contributed by atoms with Crippen molar-refractivity contribution in [2.75, 3.05) is 19.6 Å². The Morgan fingerprint density at radius 1 is 1.00 bits per heavy atom. The fourth-order valence-electron chi connectivity index (χ4n) is 3.86. The van der Waals surface area contributed by atoms with Gasteiger partial charge in [0.2, 0.25) is 0 Å². The highest BCUT2D eigenvalue weighted by molar-refractivity contribution is 7.95. The number of hydrogen-bond donors (Lipinski definition) is 1. The van der Waals surface area contributed by atoms with Crippen molar-refractivity contribution in [2.45, 2.75) is 17.2 Å². The van der Waals surface area contributed by atoms with Crippen molar-refractivity contribution in [1.82, 2.24) is 0 Å². The molecule has 1 N–H and O–H groups in total. The van der Waals surface area contributed by atoms with Gasteiger partial charge in [0.1, 0.15) is 12.5 Å². The maximum Gasteiger partial charge on any atom is 0.397 e. The summed E-state index contributed by atoms with van der Waals surface area (Å²) in [6.07, 6.45) is 3.46. The zero-order chi connectivity index (χ0) is 24.2. The highest BCUT2D eigenvalue weighted by Gasteiger charge is 2.29. The van der Waals surface area contributed by atoms with Crippen LogP contribution in [0.1, 0.15) is 22.6 Å². The van der Waals surface area contributed by atoms with Crippen LogP contribution in [-0.4, -0.2) is 38.7 Å². The summed E-state index contributed by atoms with van der Waals surface area (Å²) in [5.41, 5.74) is 5.95. The minimum atomic E-state index is -4.16. The largest absolute Gasteiger partial charge is 0.514 e. The van der Waals surface area contributed by atoms with Gasteiger partial charge >= 0.3 is 10.4 Å². The van der Waals surface area contributed by atoms with Crippen LogP contribution >= 0.6 is 0 Å². The summed E-state index contributed by atoms with van der Waals surface area (Å²) in [6, 6.07) is 22.6. The van der Waals surface area contributed by atoms with Crippen LogP contribution in [0.4, 0.5) is 4.79 Å². The average molecular weight is 489 g/mol. The van der Waals surface area contributed by atoms with Crippen LogP contribution in [0.5, 0.6) is 5.75 Å². The van der Waals surface area contributed by atoms with Gasteiger partial charge in [-0.2, -0.15) is 8.42 Å². The van der Waals surface area contributed by atoms with Crippen LogP contribution in [0.2, 0.25) is 0 Å². The van der Waals surface area contributed by atoms with E-state index < -0.39 is 16.6 Å². The first kappa shape index (κ1) is 24.8. The molecule has 0 bridgehead atoms. The number of ether oxygens (including phenoxy) is 1. The standard InChI is InChI=1S/C23H20O3S.CH4O4S/c1-27(2)16-11-12-22(26-23(24)25)15(13-16)14-21-19-9-5-3-7-17(19)18-8-4-6-10-20(18)21;1-5-6(2,3)4/h3-13,21H,14H2,1-2H3;1H3,(H,2,3,4). The fraction of sp³-hybridized carbons (Fsp3) is 0.208. The van der Waals surface area contributed by atoms with E-state index in [1.165, 1.54) is 27.1 Å². The van der Waals surface area contributed by atoms with Crippen molar-refractivity contribution in [1.29, 1.82) is 0 Å². The van der Waals surface area contributed by atoms with E-state index in [1.807, 2.05) is 6.07 Å². The molecule has 4 rings (SSSR count). The molecule has 0 heterocycles. The third kappa shape index (κ3) is 6.14. The number of carbonyl (C=O) groups is 1. The fourth-order valence-corrected chi connectivity index (χ4v) is 4.58. The highest BCUT2D eigenvalue weighted by atomic mass is 32.3. The molecule has 0 aliphatic heterocycles. The minimum absolute atomic E-state index is 0.0778. The lowest BCUT2D eigenvalue weighted by Crippen LogP contribution is -2.27. The first-order valence-electron chi connectivity index (χ1n) is 9.91. The summed E-state index contributed by atoms with van der Waals surface area (Å²) < 4.78 is 34.7. The lowest BCUT2D eigenvalue weighted by molar-refractivity contribution is -0.271. The summed E-state index contributed by atoms with van der Waals surface area (Å²) in [7, 11) is -3.21. The van der Waals surface area contributed by atoms with Crippen LogP contribution in [0.15, 0.2) is 71.6 Å². The van der Waals surface area contributed by atoms with Gasteiger partial charge in [-0.15, -0.1) is 0 Å². The van der Waals surface area contributed by atoms with E-state index in [0.29, 0.717) is 12.2 Å². The number of benzene rings is 3. The van der Waals surface area contributed by atoms with Gasteiger partial charge in [0.25, 0.3) is 6.16 Å². The van der Waals surface area contributed by atoms with Gasteiger partial charge in [-0.25, -0.2) is 0 Å².